The van der Waals surface area contributed by atoms with Crippen molar-refractivity contribution in [1.82, 2.24) is 9.78 Å². The third-order valence-corrected chi connectivity index (χ3v) is 3.06. The summed E-state index contributed by atoms with van der Waals surface area (Å²) in [5.74, 6) is -1.07. The standard InChI is InChI=1S/C9H8N2O3S/c1-5(9(13)14)11-8(12)7-6(4-10-11)2-3-15-7/h2-5H,1H3,(H,13,14). The monoisotopic (exact) mass is 224 g/mol. The molecule has 0 aliphatic carbocycles. The van der Waals surface area contributed by atoms with Crippen LogP contribution in [0.2, 0.25) is 0 Å². The third kappa shape index (κ3) is 1.52. The summed E-state index contributed by atoms with van der Waals surface area (Å²) in [6, 6.07) is 0.841. The molecular formula is C9H8N2O3S. The Kier molecular flexibility index (Phi) is 2.28. The van der Waals surface area contributed by atoms with Gasteiger partial charge in [-0.15, -0.1) is 11.3 Å². The number of carboxylic acids is 1. The first-order valence-corrected chi connectivity index (χ1v) is 5.17. The number of hydrogen-bond donors (Lipinski definition) is 1. The average molecular weight is 224 g/mol. The molecule has 0 fully saturated rings. The van der Waals surface area contributed by atoms with Crippen LogP contribution >= 0.6 is 11.3 Å². The topological polar surface area (TPSA) is 72.2 Å². The molecule has 2 aromatic heterocycles. The molecule has 0 radical (unpaired) electrons. The second-order valence-corrected chi connectivity index (χ2v) is 4.03. The summed E-state index contributed by atoms with van der Waals surface area (Å²) in [6.45, 7) is 1.43. The number of thiophene rings is 1. The summed E-state index contributed by atoms with van der Waals surface area (Å²) >= 11 is 1.29. The molecule has 1 atom stereocenters. The Bertz CT molecular complexity index is 572. The zero-order chi connectivity index (χ0) is 11.0. The number of nitrogens with zero attached hydrogens (tertiary/aromatic N) is 2. The predicted octanol–water partition coefficient (Wildman–Crippen LogP) is 1.10. The van der Waals surface area contributed by atoms with E-state index in [9.17, 15) is 9.59 Å². The van der Waals surface area contributed by atoms with Gasteiger partial charge in [0.15, 0.2) is 6.04 Å². The molecule has 0 aliphatic rings. The van der Waals surface area contributed by atoms with Crippen molar-refractivity contribution < 1.29 is 9.90 Å². The smallest absolute Gasteiger partial charge is 0.328 e. The van der Waals surface area contributed by atoms with E-state index < -0.39 is 12.0 Å². The molecule has 0 aliphatic heterocycles. The quantitative estimate of drug-likeness (QED) is 0.829. The van der Waals surface area contributed by atoms with Crippen LogP contribution in [0.5, 0.6) is 0 Å². The van der Waals surface area contributed by atoms with Crippen LogP contribution in [-0.2, 0) is 4.79 Å². The zero-order valence-electron chi connectivity index (χ0n) is 7.88. The van der Waals surface area contributed by atoms with Crippen molar-refractivity contribution in [3.63, 3.8) is 0 Å². The largest absolute Gasteiger partial charge is 0.480 e. The van der Waals surface area contributed by atoms with Gasteiger partial charge in [0.2, 0.25) is 0 Å². The second-order valence-electron chi connectivity index (χ2n) is 3.11. The molecule has 1 unspecified atom stereocenters. The number of rotatable bonds is 2. The van der Waals surface area contributed by atoms with E-state index >= 15 is 0 Å². The maximum absolute atomic E-state index is 11.8. The van der Waals surface area contributed by atoms with Gasteiger partial charge in [0, 0.05) is 5.39 Å². The summed E-state index contributed by atoms with van der Waals surface area (Å²) in [5.41, 5.74) is -0.350. The van der Waals surface area contributed by atoms with Crippen molar-refractivity contribution in [3.05, 3.63) is 28.0 Å². The van der Waals surface area contributed by atoms with Crippen molar-refractivity contribution in [2.24, 2.45) is 0 Å². The molecule has 0 saturated carbocycles. The van der Waals surface area contributed by atoms with E-state index in [0.717, 1.165) is 10.1 Å². The van der Waals surface area contributed by atoms with E-state index in [4.69, 9.17) is 5.11 Å². The predicted molar refractivity (Wildman–Crippen MR) is 56.2 cm³/mol. The van der Waals surface area contributed by atoms with E-state index in [1.54, 1.807) is 11.4 Å². The molecule has 2 rings (SSSR count). The Balaban J connectivity index is 2.67. The molecular weight excluding hydrogens is 216 g/mol. The molecule has 0 amide bonds. The first-order valence-electron chi connectivity index (χ1n) is 4.29. The molecule has 1 N–H and O–H groups in total. The third-order valence-electron chi connectivity index (χ3n) is 2.14. The van der Waals surface area contributed by atoms with Crippen molar-refractivity contribution in [3.8, 4) is 0 Å². The molecule has 2 aromatic rings. The highest BCUT2D eigenvalue weighted by Gasteiger charge is 2.17. The molecule has 15 heavy (non-hydrogen) atoms. The van der Waals surface area contributed by atoms with Crippen LogP contribution in [0.15, 0.2) is 22.4 Å². The Labute approximate surface area is 88.6 Å². The Morgan fingerprint density at radius 3 is 3.07 bits per heavy atom. The van der Waals surface area contributed by atoms with Crippen molar-refractivity contribution in [1.29, 1.82) is 0 Å². The summed E-state index contributed by atoms with van der Waals surface area (Å²) in [5, 5.41) is 15.1. The molecule has 78 valence electrons. The fraction of sp³-hybridized carbons (Fsp3) is 0.222. The average Bonchev–Trinajstić information content (AvgIpc) is 2.66. The summed E-state index contributed by atoms with van der Waals surface area (Å²) in [4.78, 5) is 22.5. The first-order chi connectivity index (χ1) is 7.11. The van der Waals surface area contributed by atoms with Crippen LogP contribution in [0, 0.1) is 0 Å². The lowest BCUT2D eigenvalue weighted by Gasteiger charge is -2.07. The minimum atomic E-state index is -1.07. The van der Waals surface area contributed by atoms with E-state index in [2.05, 4.69) is 5.10 Å². The second kappa shape index (κ2) is 3.47. The summed E-state index contributed by atoms with van der Waals surface area (Å²) < 4.78 is 1.53. The molecule has 0 bridgehead atoms. The lowest BCUT2D eigenvalue weighted by atomic mass is 10.3. The fourth-order valence-electron chi connectivity index (χ4n) is 1.26. The van der Waals surface area contributed by atoms with E-state index in [0.29, 0.717) is 4.70 Å². The van der Waals surface area contributed by atoms with Crippen LogP contribution in [0.25, 0.3) is 10.1 Å². The van der Waals surface area contributed by atoms with E-state index in [1.807, 2.05) is 0 Å². The molecule has 2 heterocycles. The normalized spacial score (nSPS) is 12.9. The molecule has 6 heteroatoms. The Morgan fingerprint density at radius 2 is 2.40 bits per heavy atom. The summed E-state index contributed by atoms with van der Waals surface area (Å²) in [6.07, 6.45) is 1.51. The van der Waals surface area contributed by atoms with Gasteiger partial charge < -0.3 is 5.11 Å². The number of aromatic nitrogens is 2. The molecule has 0 spiro atoms. The lowest BCUT2D eigenvalue weighted by molar-refractivity contribution is -0.140. The van der Waals surface area contributed by atoms with Crippen LogP contribution in [0.1, 0.15) is 13.0 Å². The number of aliphatic carboxylic acids is 1. The summed E-state index contributed by atoms with van der Waals surface area (Å²) in [7, 11) is 0. The number of fused-ring (bicyclic) bond motifs is 1. The van der Waals surface area contributed by atoms with Gasteiger partial charge >= 0.3 is 5.97 Å². The minimum Gasteiger partial charge on any atom is -0.480 e. The number of carbonyl (C=O) groups is 1. The Morgan fingerprint density at radius 1 is 1.67 bits per heavy atom. The maximum atomic E-state index is 11.8. The van der Waals surface area contributed by atoms with Gasteiger partial charge in [0.25, 0.3) is 5.56 Å². The molecule has 5 nitrogen and oxygen atoms in total. The first kappa shape index (κ1) is 9.85. The van der Waals surface area contributed by atoms with Crippen LogP contribution in [-0.4, -0.2) is 20.9 Å². The van der Waals surface area contributed by atoms with Gasteiger partial charge in [-0.1, -0.05) is 0 Å². The van der Waals surface area contributed by atoms with E-state index in [1.165, 1.54) is 24.5 Å². The van der Waals surface area contributed by atoms with Gasteiger partial charge in [0.05, 0.1) is 6.20 Å². The fourth-order valence-corrected chi connectivity index (χ4v) is 2.06. The SMILES string of the molecule is CC(C(=O)O)n1ncc2ccsc2c1=O. The number of hydrogen-bond acceptors (Lipinski definition) is 4. The zero-order valence-corrected chi connectivity index (χ0v) is 8.69. The van der Waals surface area contributed by atoms with Gasteiger partial charge in [-0.2, -0.15) is 5.10 Å². The highest BCUT2D eigenvalue weighted by Crippen LogP contribution is 2.15. The van der Waals surface area contributed by atoms with E-state index in [-0.39, 0.29) is 5.56 Å². The van der Waals surface area contributed by atoms with Crippen molar-refractivity contribution in [2.75, 3.05) is 0 Å². The molecule has 0 aromatic carbocycles. The van der Waals surface area contributed by atoms with Crippen LogP contribution in [0.3, 0.4) is 0 Å². The lowest BCUT2D eigenvalue weighted by Crippen LogP contribution is -2.29. The van der Waals surface area contributed by atoms with Gasteiger partial charge in [-0.3, -0.25) is 4.79 Å². The Hall–Kier alpha value is -1.69. The highest BCUT2D eigenvalue weighted by molar-refractivity contribution is 7.17. The minimum absolute atomic E-state index is 0.350. The van der Waals surface area contributed by atoms with Crippen molar-refractivity contribution >= 4 is 27.4 Å². The number of carboxylic acid groups (broad SMARTS) is 1. The molecule has 0 saturated heterocycles. The van der Waals surface area contributed by atoms with Gasteiger partial charge in [-0.25, -0.2) is 9.48 Å². The van der Waals surface area contributed by atoms with Gasteiger partial charge in [-0.05, 0) is 18.4 Å². The van der Waals surface area contributed by atoms with Crippen molar-refractivity contribution in [2.45, 2.75) is 13.0 Å². The van der Waals surface area contributed by atoms with Crippen LogP contribution < -0.4 is 5.56 Å². The highest BCUT2D eigenvalue weighted by atomic mass is 32.1. The van der Waals surface area contributed by atoms with Crippen LogP contribution in [0.4, 0.5) is 0 Å². The van der Waals surface area contributed by atoms with Gasteiger partial charge in [0.1, 0.15) is 4.70 Å². The maximum Gasteiger partial charge on any atom is 0.328 e.